The molecule has 1 atom stereocenters. The standard InChI is InChI=1S/C15H29N3O/c1-12(17-13(2)19)15-5-9-18(10-6-15)11-14-3-7-16-8-4-14/h12,14-16H,3-11H2,1-2H3,(H,17,19). The van der Waals surface area contributed by atoms with Gasteiger partial charge in [0.05, 0.1) is 0 Å². The van der Waals surface area contributed by atoms with Gasteiger partial charge >= 0.3 is 0 Å². The van der Waals surface area contributed by atoms with Crippen LogP contribution in [0.5, 0.6) is 0 Å². The number of rotatable bonds is 4. The highest BCUT2D eigenvalue weighted by molar-refractivity contribution is 5.73. The lowest BCUT2D eigenvalue weighted by molar-refractivity contribution is -0.120. The first-order valence-electron chi connectivity index (χ1n) is 7.85. The van der Waals surface area contributed by atoms with E-state index < -0.39 is 0 Å². The monoisotopic (exact) mass is 267 g/mol. The van der Waals surface area contributed by atoms with E-state index in [4.69, 9.17) is 0 Å². The van der Waals surface area contributed by atoms with Crippen LogP contribution in [0.2, 0.25) is 0 Å². The van der Waals surface area contributed by atoms with Gasteiger partial charge < -0.3 is 15.5 Å². The average Bonchev–Trinajstić information content (AvgIpc) is 2.40. The van der Waals surface area contributed by atoms with Crippen LogP contribution in [-0.2, 0) is 4.79 Å². The summed E-state index contributed by atoms with van der Waals surface area (Å²) in [6.45, 7) is 9.85. The highest BCUT2D eigenvalue weighted by Crippen LogP contribution is 2.23. The van der Waals surface area contributed by atoms with Crippen LogP contribution in [0.3, 0.4) is 0 Å². The third kappa shape index (κ3) is 4.77. The van der Waals surface area contributed by atoms with E-state index in [0.717, 1.165) is 5.92 Å². The molecule has 110 valence electrons. The first kappa shape index (κ1) is 14.8. The summed E-state index contributed by atoms with van der Waals surface area (Å²) in [7, 11) is 0. The minimum absolute atomic E-state index is 0.102. The minimum atomic E-state index is 0.102. The largest absolute Gasteiger partial charge is 0.354 e. The van der Waals surface area contributed by atoms with Gasteiger partial charge in [-0.3, -0.25) is 4.79 Å². The number of carbonyl (C=O) groups is 1. The van der Waals surface area contributed by atoms with E-state index in [-0.39, 0.29) is 5.91 Å². The van der Waals surface area contributed by atoms with Crippen LogP contribution in [-0.4, -0.2) is 49.6 Å². The summed E-state index contributed by atoms with van der Waals surface area (Å²) in [6.07, 6.45) is 5.13. The molecular weight excluding hydrogens is 238 g/mol. The highest BCUT2D eigenvalue weighted by Gasteiger charge is 2.26. The zero-order valence-corrected chi connectivity index (χ0v) is 12.5. The van der Waals surface area contributed by atoms with E-state index in [2.05, 4.69) is 22.5 Å². The maximum atomic E-state index is 11.1. The van der Waals surface area contributed by atoms with Crippen molar-refractivity contribution in [3.63, 3.8) is 0 Å². The molecule has 2 aliphatic heterocycles. The fraction of sp³-hybridized carbons (Fsp3) is 0.933. The number of hydrogen-bond acceptors (Lipinski definition) is 3. The second-order valence-electron chi connectivity index (χ2n) is 6.32. The summed E-state index contributed by atoms with van der Waals surface area (Å²) in [6, 6.07) is 0.332. The minimum Gasteiger partial charge on any atom is -0.354 e. The Labute approximate surface area is 117 Å². The number of nitrogens with zero attached hydrogens (tertiary/aromatic N) is 1. The number of hydrogen-bond donors (Lipinski definition) is 2. The topological polar surface area (TPSA) is 44.4 Å². The Balaban J connectivity index is 1.68. The lowest BCUT2D eigenvalue weighted by atomic mass is 9.89. The van der Waals surface area contributed by atoms with Crippen molar-refractivity contribution in [3.05, 3.63) is 0 Å². The number of nitrogens with one attached hydrogen (secondary N) is 2. The van der Waals surface area contributed by atoms with Crippen molar-refractivity contribution in [1.29, 1.82) is 0 Å². The second kappa shape index (κ2) is 7.25. The Morgan fingerprint density at radius 3 is 2.47 bits per heavy atom. The van der Waals surface area contributed by atoms with Gasteiger partial charge in [0.1, 0.15) is 0 Å². The number of likely N-dealkylation sites (tertiary alicyclic amines) is 1. The van der Waals surface area contributed by atoms with Gasteiger partial charge in [0.15, 0.2) is 0 Å². The third-order valence-electron chi connectivity index (χ3n) is 4.75. The highest BCUT2D eigenvalue weighted by atomic mass is 16.1. The predicted octanol–water partition coefficient (Wildman–Crippen LogP) is 1.22. The van der Waals surface area contributed by atoms with Crippen LogP contribution >= 0.6 is 0 Å². The van der Waals surface area contributed by atoms with E-state index in [1.165, 1.54) is 58.4 Å². The van der Waals surface area contributed by atoms with Crippen molar-refractivity contribution >= 4 is 5.91 Å². The van der Waals surface area contributed by atoms with Gasteiger partial charge in [0.2, 0.25) is 5.91 Å². The molecule has 0 aromatic heterocycles. The van der Waals surface area contributed by atoms with E-state index in [0.29, 0.717) is 12.0 Å². The third-order valence-corrected chi connectivity index (χ3v) is 4.75. The molecule has 2 fully saturated rings. The molecule has 0 aliphatic carbocycles. The van der Waals surface area contributed by atoms with E-state index in [1.54, 1.807) is 6.92 Å². The Morgan fingerprint density at radius 2 is 1.89 bits per heavy atom. The van der Waals surface area contributed by atoms with Gasteiger partial charge in [-0.1, -0.05) is 0 Å². The maximum absolute atomic E-state index is 11.1. The fourth-order valence-corrected chi connectivity index (χ4v) is 3.50. The van der Waals surface area contributed by atoms with Crippen molar-refractivity contribution in [2.45, 2.75) is 45.6 Å². The average molecular weight is 267 g/mol. The van der Waals surface area contributed by atoms with Crippen molar-refractivity contribution in [3.8, 4) is 0 Å². The van der Waals surface area contributed by atoms with E-state index in [1.807, 2.05) is 0 Å². The van der Waals surface area contributed by atoms with Crippen LogP contribution in [0, 0.1) is 11.8 Å². The van der Waals surface area contributed by atoms with E-state index >= 15 is 0 Å². The van der Waals surface area contributed by atoms with Crippen LogP contribution < -0.4 is 10.6 Å². The first-order chi connectivity index (χ1) is 9.15. The SMILES string of the molecule is CC(=O)NC(C)C1CCN(CC2CCNCC2)CC1. The van der Waals surface area contributed by atoms with E-state index in [9.17, 15) is 4.79 Å². The molecule has 0 aromatic carbocycles. The first-order valence-corrected chi connectivity index (χ1v) is 7.85. The normalized spacial score (nSPS) is 25.2. The molecule has 2 heterocycles. The molecule has 2 rings (SSSR count). The molecule has 1 unspecified atom stereocenters. The van der Waals surface area contributed by atoms with Gasteiger partial charge in [-0.15, -0.1) is 0 Å². The number of carbonyl (C=O) groups excluding carboxylic acids is 1. The summed E-state index contributed by atoms with van der Waals surface area (Å²) >= 11 is 0. The molecule has 1 amide bonds. The molecule has 0 aromatic rings. The Bertz CT molecular complexity index is 281. The molecule has 2 aliphatic rings. The molecule has 4 nitrogen and oxygen atoms in total. The Morgan fingerprint density at radius 1 is 1.26 bits per heavy atom. The summed E-state index contributed by atoms with van der Waals surface area (Å²) in [5, 5.41) is 6.48. The van der Waals surface area contributed by atoms with Gasteiger partial charge in [-0.25, -0.2) is 0 Å². The molecule has 0 spiro atoms. The van der Waals surface area contributed by atoms with Gasteiger partial charge in [0, 0.05) is 19.5 Å². The summed E-state index contributed by atoms with van der Waals surface area (Å²) in [4.78, 5) is 13.7. The smallest absolute Gasteiger partial charge is 0.217 e. The van der Waals surface area contributed by atoms with Crippen molar-refractivity contribution in [2.24, 2.45) is 11.8 Å². The van der Waals surface area contributed by atoms with Crippen LogP contribution in [0.15, 0.2) is 0 Å². The lowest BCUT2D eigenvalue weighted by Crippen LogP contribution is -2.45. The zero-order valence-electron chi connectivity index (χ0n) is 12.5. The van der Waals surface area contributed by atoms with Crippen LogP contribution in [0.1, 0.15) is 39.5 Å². The fourth-order valence-electron chi connectivity index (χ4n) is 3.50. The molecule has 0 radical (unpaired) electrons. The summed E-state index contributed by atoms with van der Waals surface area (Å²) in [5.41, 5.74) is 0. The quantitative estimate of drug-likeness (QED) is 0.805. The maximum Gasteiger partial charge on any atom is 0.217 e. The van der Waals surface area contributed by atoms with Gasteiger partial charge in [-0.05, 0) is 70.6 Å². The number of piperidine rings is 2. The van der Waals surface area contributed by atoms with Crippen molar-refractivity contribution < 1.29 is 4.79 Å². The zero-order chi connectivity index (χ0) is 13.7. The molecule has 2 saturated heterocycles. The molecule has 0 bridgehead atoms. The van der Waals surface area contributed by atoms with Gasteiger partial charge in [0.25, 0.3) is 0 Å². The summed E-state index contributed by atoms with van der Waals surface area (Å²) in [5.74, 6) is 1.66. The van der Waals surface area contributed by atoms with Crippen LogP contribution in [0.25, 0.3) is 0 Å². The number of amides is 1. The second-order valence-corrected chi connectivity index (χ2v) is 6.32. The van der Waals surface area contributed by atoms with Crippen LogP contribution in [0.4, 0.5) is 0 Å². The lowest BCUT2D eigenvalue weighted by Gasteiger charge is -2.37. The molecule has 2 N–H and O–H groups in total. The Hall–Kier alpha value is -0.610. The van der Waals surface area contributed by atoms with Gasteiger partial charge in [-0.2, -0.15) is 0 Å². The van der Waals surface area contributed by atoms with Crippen molar-refractivity contribution in [1.82, 2.24) is 15.5 Å². The molecular formula is C15H29N3O. The van der Waals surface area contributed by atoms with Crippen molar-refractivity contribution in [2.75, 3.05) is 32.7 Å². The molecule has 0 saturated carbocycles. The predicted molar refractivity (Wildman–Crippen MR) is 78.0 cm³/mol. The summed E-state index contributed by atoms with van der Waals surface area (Å²) < 4.78 is 0. The molecule has 4 heteroatoms. The molecule has 19 heavy (non-hydrogen) atoms. The Kier molecular flexibility index (Phi) is 5.64.